The minimum atomic E-state index is -0.260. The molecular weight excluding hydrogens is 192 g/mol. The Morgan fingerprint density at radius 2 is 2.33 bits per heavy atom. The molecule has 1 heterocycles. The van der Waals surface area contributed by atoms with E-state index in [4.69, 9.17) is 6.42 Å². The lowest BCUT2D eigenvalue weighted by atomic mass is 10.3. The van der Waals surface area contributed by atoms with Crippen molar-refractivity contribution in [2.75, 3.05) is 6.54 Å². The number of nitrogens with one attached hydrogen (secondary N) is 1. The van der Waals surface area contributed by atoms with Gasteiger partial charge in [-0.25, -0.2) is 0 Å². The summed E-state index contributed by atoms with van der Waals surface area (Å²) in [5.74, 6) is 2.03. The largest absolute Gasteiger partial charge is 0.344 e. The number of carbonyl (C=O) groups excluding carboxylic acids is 1. The number of amides is 1. The summed E-state index contributed by atoms with van der Waals surface area (Å²) in [5, 5.41) is 2.50. The van der Waals surface area contributed by atoms with Gasteiger partial charge in [-0.3, -0.25) is 9.59 Å². The quantitative estimate of drug-likeness (QED) is 0.699. The summed E-state index contributed by atoms with van der Waals surface area (Å²) in [6, 6.07) is 4.85. The molecule has 0 aromatic carbocycles. The third-order valence-electron chi connectivity index (χ3n) is 1.96. The van der Waals surface area contributed by atoms with Crippen molar-refractivity contribution >= 4 is 5.91 Å². The lowest BCUT2D eigenvalue weighted by Gasteiger charge is -2.08. The lowest BCUT2D eigenvalue weighted by molar-refractivity contribution is -0.121. The van der Waals surface area contributed by atoms with Gasteiger partial charge in [-0.1, -0.05) is 12.0 Å². The zero-order valence-electron chi connectivity index (χ0n) is 8.49. The summed E-state index contributed by atoms with van der Waals surface area (Å²) in [6.45, 7) is 1.96. The number of pyridine rings is 1. The fourth-order valence-corrected chi connectivity index (χ4v) is 1.18. The highest BCUT2D eigenvalue weighted by Gasteiger charge is 2.04. The van der Waals surface area contributed by atoms with Crippen LogP contribution in [0, 0.1) is 19.3 Å². The maximum atomic E-state index is 11.4. The number of hydrogen-bond acceptors (Lipinski definition) is 2. The van der Waals surface area contributed by atoms with E-state index in [9.17, 15) is 9.59 Å². The van der Waals surface area contributed by atoms with Crippen LogP contribution in [0.3, 0.4) is 0 Å². The molecule has 0 aliphatic heterocycles. The van der Waals surface area contributed by atoms with Crippen molar-refractivity contribution in [3.05, 3.63) is 34.2 Å². The van der Waals surface area contributed by atoms with E-state index in [1.165, 1.54) is 10.6 Å². The number of aromatic nitrogens is 1. The first-order chi connectivity index (χ1) is 7.15. The normalized spacial score (nSPS) is 9.33. The topological polar surface area (TPSA) is 51.1 Å². The van der Waals surface area contributed by atoms with Crippen LogP contribution in [0.5, 0.6) is 0 Å². The molecule has 0 spiro atoms. The molecule has 0 radical (unpaired) electrons. The Labute approximate surface area is 87.9 Å². The smallest absolute Gasteiger partial charge is 0.251 e. The summed E-state index contributed by atoms with van der Waals surface area (Å²) in [7, 11) is 0. The maximum absolute atomic E-state index is 11.4. The summed E-state index contributed by atoms with van der Waals surface area (Å²) >= 11 is 0. The lowest BCUT2D eigenvalue weighted by Crippen LogP contribution is -2.33. The summed E-state index contributed by atoms with van der Waals surface area (Å²) in [5.41, 5.74) is 0.559. The van der Waals surface area contributed by atoms with Gasteiger partial charge in [-0.2, -0.15) is 0 Å². The number of hydrogen-bond donors (Lipinski definition) is 1. The molecule has 0 saturated heterocycles. The average molecular weight is 204 g/mol. The second kappa shape index (κ2) is 5.01. The zero-order chi connectivity index (χ0) is 11.3. The van der Waals surface area contributed by atoms with Gasteiger partial charge < -0.3 is 9.88 Å². The summed E-state index contributed by atoms with van der Waals surface area (Å²) in [6.07, 6.45) is 5.00. The van der Waals surface area contributed by atoms with Gasteiger partial charge in [0.25, 0.3) is 5.56 Å². The molecule has 0 fully saturated rings. The van der Waals surface area contributed by atoms with Crippen molar-refractivity contribution in [1.29, 1.82) is 0 Å². The third-order valence-corrected chi connectivity index (χ3v) is 1.96. The monoisotopic (exact) mass is 204 g/mol. The predicted octanol–water partition coefficient (Wildman–Crippen LogP) is -0.0939. The molecular formula is C11H12N2O2. The Balaban J connectivity index is 2.77. The Bertz CT molecular complexity index is 454. The molecule has 1 aromatic rings. The molecule has 0 saturated carbocycles. The van der Waals surface area contributed by atoms with Crippen LogP contribution in [0.4, 0.5) is 0 Å². The molecule has 4 nitrogen and oxygen atoms in total. The number of aryl methyl sites for hydroxylation is 1. The molecule has 1 rings (SSSR count). The van der Waals surface area contributed by atoms with Gasteiger partial charge in [-0.05, 0) is 13.0 Å². The maximum Gasteiger partial charge on any atom is 0.251 e. The molecule has 0 aliphatic carbocycles. The van der Waals surface area contributed by atoms with Gasteiger partial charge in [0.2, 0.25) is 5.91 Å². The van der Waals surface area contributed by atoms with Crippen LogP contribution >= 0.6 is 0 Å². The van der Waals surface area contributed by atoms with Gasteiger partial charge in [0.15, 0.2) is 0 Å². The number of carbonyl (C=O) groups is 1. The number of terminal acetylenes is 1. The fourth-order valence-electron chi connectivity index (χ4n) is 1.18. The molecule has 78 valence electrons. The third kappa shape index (κ3) is 2.99. The Morgan fingerprint density at radius 3 is 2.93 bits per heavy atom. The van der Waals surface area contributed by atoms with Crippen molar-refractivity contribution in [2.45, 2.75) is 13.5 Å². The zero-order valence-corrected chi connectivity index (χ0v) is 8.49. The highest BCUT2D eigenvalue weighted by Crippen LogP contribution is 1.92. The standard InChI is InChI=1S/C11H12N2O2/c1-3-7-12-10(14)8-13-9(2)5-4-6-11(13)15/h1,4-6H,7-8H2,2H3,(H,12,14). The van der Waals surface area contributed by atoms with E-state index in [1.54, 1.807) is 19.1 Å². The molecule has 4 heteroatoms. The Hall–Kier alpha value is -2.02. The fraction of sp³-hybridized carbons (Fsp3) is 0.273. The highest BCUT2D eigenvalue weighted by molar-refractivity contribution is 5.76. The van der Waals surface area contributed by atoms with Crippen molar-refractivity contribution in [3.63, 3.8) is 0 Å². The van der Waals surface area contributed by atoms with E-state index >= 15 is 0 Å². The van der Waals surface area contributed by atoms with Gasteiger partial charge in [0.05, 0.1) is 6.54 Å². The van der Waals surface area contributed by atoms with Crippen molar-refractivity contribution in [2.24, 2.45) is 0 Å². The molecule has 1 amide bonds. The minimum absolute atomic E-state index is 0.00713. The van der Waals surface area contributed by atoms with Crippen molar-refractivity contribution in [1.82, 2.24) is 9.88 Å². The Morgan fingerprint density at radius 1 is 1.60 bits per heavy atom. The molecule has 1 N–H and O–H groups in total. The van der Waals surface area contributed by atoms with E-state index in [2.05, 4.69) is 11.2 Å². The van der Waals surface area contributed by atoms with E-state index in [0.29, 0.717) is 0 Å². The van der Waals surface area contributed by atoms with E-state index in [-0.39, 0.29) is 24.6 Å². The molecule has 1 aromatic heterocycles. The van der Waals surface area contributed by atoms with Crippen LogP contribution in [0.1, 0.15) is 5.69 Å². The molecule has 0 unspecified atom stereocenters. The molecule has 0 atom stereocenters. The molecule has 0 aliphatic rings. The van der Waals surface area contributed by atoms with Crippen LogP contribution in [-0.2, 0) is 11.3 Å². The van der Waals surface area contributed by atoms with Crippen LogP contribution in [0.15, 0.2) is 23.0 Å². The van der Waals surface area contributed by atoms with Crippen LogP contribution < -0.4 is 10.9 Å². The minimum Gasteiger partial charge on any atom is -0.344 e. The summed E-state index contributed by atoms with van der Waals surface area (Å²) < 4.78 is 1.39. The van der Waals surface area contributed by atoms with Crippen LogP contribution in [0.25, 0.3) is 0 Å². The summed E-state index contributed by atoms with van der Waals surface area (Å²) in [4.78, 5) is 22.7. The van der Waals surface area contributed by atoms with E-state index in [0.717, 1.165) is 5.69 Å². The van der Waals surface area contributed by atoms with Gasteiger partial charge in [0, 0.05) is 11.8 Å². The Kier molecular flexibility index (Phi) is 3.69. The van der Waals surface area contributed by atoms with Crippen LogP contribution in [-0.4, -0.2) is 17.0 Å². The molecule has 0 bridgehead atoms. The first kappa shape index (κ1) is 11.1. The van der Waals surface area contributed by atoms with Crippen molar-refractivity contribution < 1.29 is 4.79 Å². The second-order valence-corrected chi connectivity index (χ2v) is 3.07. The van der Waals surface area contributed by atoms with Crippen LogP contribution in [0.2, 0.25) is 0 Å². The first-order valence-electron chi connectivity index (χ1n) is 4.52. The van der Waals surface area contributed by atoms with Gasteiger partial charge in [-0.15, -0.1) is 6.42 Å². The van der Waals surface area contributed by atoms with Gasteiger partial charge >= 0.3 is 0 Å². The SMILES string of the molecule is C#CCNC(=O)Cn1c(C)cccc1=O. The van der Waals surface area contributed by atoms with E-state index < -0.39 is 0 Å². The van der Waals surface area contributed by atoms with E-state index in [1.807, 2.05) is 0 Å². The number of nitrogens with zero attached hydrogens (tertiary/aromatic N) is 1. The number of rotatable bonds is 3. The first-order valence-corrected chi connectivity index (χ1v) is 4.52. The average Bonchev–Trinajstić information content (AvgIpc) is 2.21. The molecule has 15 heavy (non-hydrogen) atoms. The van der Waals surface area contributed by atoms with Gasteiger partial charge in [0.1, 0.15) is 6.54 Å². The van der Waals surface area contributed by atoms with Crippen molar-refractivity contribution in [3.8, 4) is 12.3 Å². The second-order valence-electron chi connectivity index (χ2n) is 3.07. The highest BCUT2D eigenvalue weighted by atomic mass is 16.2. The predicted molar refractivity (Wildman–Crippen MR) is 57.3 cm³/mol.